The normalized spacial score (nSPS) is 10.1. The van der Waals surface area contributed by atoms with Gasteiger partial charge in [-0.25, -0.2) is 4.98 Å². The molecule has 2 aromatic rings. The molecule has 0 unspecified atom stereocenters. The van der Waals surface area contributed by atoms with Crippen molar-refractivity contribution in [2.45, 2.75) is 13.3 Å². The SMILES string of the molecule is CCCNc1ccc(C(=O)Nc2ncccc2Cl)cc1. The molecule has 1 aromatic heterocycles. The second-order valence-corrected chi connectivity index (χ2v) is 4.70. The van der Waals surface area contributed by atoms with Gasteiger partial charge >= 0.3 is 0 Å². The number of nitrogens with one attached hydrogen (secondary N) is 2. The Morgan fingerprint density at radius 1 is 1.25 bits per heavy atom. The zero-order chi connectivity index (χ0) is 14.4. The number of amides is 1. The molecule has 1 amide bonds. The third-order valence-corrected chi connectivity index (χ3v) is 3.02. The fourth-order valence-corrected chi connectivity index (χ4v) is 1.83. The van der Waals surface area contributed by atoms with Gasteiger partial charge in [0.2, 0.25) is 0 Å². The van der Waals surface area contributed by atoms with Crippen molar-refractivity contribution in [2.75, 3.05) is 17.2 Å². The molecule has 0 aliphatic rings. The number of hydrogen-bond donors (Lipinski definition) is 2. The predicted molar refractivity (Wildman–Crippen MR) is 82.4 cm³/mol. The summed E-state index contributed by atoms with van der Waals surface area (Å²) in [6, 6.07) is 10.7. The molecule has 0 saturated carbocycles. The second-order valence-electron chi connectivity index (χ2n) is 4.29. The van der Waals surface area contributed by atoms with E-state index in [0.717, 1.165) is 18.7 Å². The average Bonchev–Trinajstić information content (AvgIpc) is 2.48. The summed E-state index contributed by atoms with van der Waals surface area (Å²) >= 11 is 5.95. The molecule has 0 fully saturated rings. The Balaban J connectivity index is 2.04. The van der Waals surface area contributed by atoms with Crippen LogP contribution in [0.5, 0.6) is 0 Å². The van der Waals surface area contributed by atoms with Crippen molar-refractivity contribution in [3.05, 3.63) is 53.2 Å². The monoisotopic (exact) mass is 289 g/mol. The van der Waals surface area contributed by atoms with Gasteiger partial charge in [0.15, 0.2) is 5.82 Å². The highest BCUT2D eigenvalue weighted by Gasteiger charge is 2.08. The Labute approximate surface area is 123 Å². The molecule has 1 aromatic carbocycles. The number of anilines is 2. The van der Waals surface area contributed by atoms with Crippen LogP contribution in [0, 0.1) is 0 Å². The summed E-state index contributed by atoms with van der Waals surface area (Å²) in [5, 5.41) is 6.36. The largest absolute Gasteiger partial charge is 0.385 e. The van der Waals surface area contributed by atoms with Crippen LogP contribution in [0.3, 0.4) is 0 Å². The van der Waals surface area contributed by atoms with E-state index >= 15 is 0 Å². The highest BCUT2D eigenvalue weighted by molar-refractivity contribution is 6.33. The third kappa shape index (κ3) is 3.71. The number of carbonyl (C=O) groups is 1. The Bertz CT molecular complexity index is 584. The molecule has 0 radical (unpaired) electrons. The minimum Gasteiger partial charge on any atom is -0.385 e. The van der Waals surface area contributed by atoms with Crippen molar-refractivity contribution in [3.8, 4) is 0 Å². The molecule has 1 heterocycles. The number of benzene rings is 1. The Hall–Kier alpha value is -2.07. The average molecular weight is 290 g/mol. The van der Waals surface area contributed by atoms with Gasteiger partial charge in [-0.15, -0.1) is 0 Å². The van der Waals surface area contributed by atoms with E-state index in [0.29, 0.717) is 16.4 Å². The molecule has 0 aliphatic carbocycles. The van der Waals surface area contributed by atoms with E-state index < -0.39 is 0 Å². The topological polar surface area (TPSA) is 54.0 Å². The quantitative estimate of drug-likeness (QED) is 0.880. The first-order valence-corrected chi connectivity index (χ1v) is 6.84. The van der Waals surface area contributed by atoms with Gasteiger partial charge in [0.1, 0.15) is 0 Å². The number of rotatable bonds is 5. The van der Waals surface area contributed by atoms with Gasteiger partial charge in [-0.3, -0.25) is 4.79 Å². The van der Waals surface area contributed by atoms with E-state index in [1.54, 1.807) is 30.5 Å². The number of hydrogen-bond acceptors (Lipinski definition) is 3. The van der Waals surface area contributed by atoms with Crippen molar-refractivity contribution in [3.63, 3.8) is 0 Å². The summed E-state index contributed by atoms with van der Waals surface area (Å²) in [6.07, 6.45) is 2.64. The lowest BCUT2D eigenvalue weighted by Crippen LogP contribution is -2.13. The summed E-state index contributed by atoms with van der Waals surface area (Å²) in [7, 11) is 0. The van der Waals surface area contributed by atoms with Crippen LogP contribution in [0.1, 0.15) is 23.7 Å². The minimum atomic E-state index is -0.229. The maximum atomic E-state index is 12.1. The number of nitrogens with zero attached hydrogens (tertiary/aromatic N) is 1. The van der Waals surface area contributed by atoms with Gasteiger partial charge in [0.25, 0.3) is 5.91 Å². The molecule has 2 N–H and O–H groups in total. The predicted octanol–water partition coefficient (Wildman–Crippen LogP) is 3.81. The molecule has 5 heteroatoms. The van der Waals surface area contributed by atoms with Crippen molar-refractivity contribution >= 4 is 29.0 Å². The van der Waals surface area contributed by atoms with Crippen LogP contribution in [0.4, 0.5) is 11.5 Å². The van der Waals surface area contributed by atoms with Crippen molar-refractivity contribution < 1.29 is 4.79 Å². The Morgan fingerprint density at radius 3 is 2.65 bits per heavy atom. The minimum absolute atomic E-state index is 0.229. The summed E-state index contributed by atoms with van der Waals surface area (Å²) in [5.74, 6) is 0.139. The summed E-state index contributed by atoms with van der Waals surface area (Å²) in [5.41, 5.74) is 1.56. The van der Waals surface area contributed by atoms with Gasteiger partial charge in [-0.2, -0.15) is 0 Å². The lowest BCUT2D eigenvalue weighted by Gasteiger charge is -2.07. The molecular formula is C15H16ClN3O. The molecular weight excluding hydrogens is 274 g/mol. The van der Waals surface area contributed by atoms with E-state index in [4.69, 9.17) is 11.6 Å². The molecule has 104 valence electrons. The van der Waals surface area contributed by atoms with Crippen LogP contribution in [0.25, 0.3) is 0 Å². The standard InChI is InChI=1S/C15H16ClN3O/c1-2-9-17-12-7-5-11(6-8-12)15(20)19-14-13(16)4-3-10-18-14/h3-8,10,17H,2,9H2,1H3,(H,18,19,20). The van der Waals surface area contributed by atoms with Crippen LogP contribution in [0.2, 0.25) is 5.02 Å². The number of aromatic nitrogens is 1. The van der Waals surface area contributed by atoms with Crippen LogP contribution in [0.15, 0.2) is 42.6 Å². The van der Waals surface area contributed by atoms with E-state index in [9.17, 15) is 4.79 Å². The summed E-state index contributed by atoms with van der Waals surface area (Å²) in [4.78, 5) is 16.1. The van der Waals surface area contributed by atoms with E-state index in [-0.39, 0.29) is 5.91 Å². The lowest BCUT2D eigenvalue weighted by atomic mass is 10.2. The van der Waals surface area contributed by atoms with E-state index in [2.05, 4.69) is 22.5 Å². The molecule has 0 atom stereocenters. The Kier molecular flexibility index (Phi) is 4.96. The van der Waals surface area contributed by atoms with Crippen molar-refractivity contribution in [2.24, 2.45) is 0 Å². The van der Waals surface area contributed by atoms with Crippen molar-refractivity contribution in [1.82, 2.24) is 4.98 Å². The molecule has 4 nitrogen and oxygen atoms in total. The maximum absolute atomic E-state index is 12.1. The maximum Gasteiger partial charge on any atom is 0.256 e. The Morgan fingerprint density at radius 2 is 2.00 bits per heavy atom. The third-order valence-electron chi connectivity index (χ3n) is 2.72. The number of carbonyl (C=O) groups excluding carboxylic acids is 1. The molecule has 20 heavy (non-hydrogen) atoms. The highest BCUT2D eigenvalue weighted by atomic mass is 35.5. The summed E-state index contributed by atoms with van der Waals surface area (Å²) < 4.78 is 0. The zero-order valence-corrected chi connectivity index (χ0v) is 11.9. The number of halogens is 1. The first-order chi connectivity index (χ1) is 9.70. The van der Waals surface area contributed by atoms with Gasteiger partial charge in [0, 0.05) is 24.0 Å². The van der Waals surface area contributed by atoms with Crippen LogP contribution >= 0.6 is 11.6 Å². The van der Waals surface area contributed by atoms with Crippen molar-refractivity contribution in [1.29, 1.82) is 0 Å². The fraction of sp³-hybridized carbons (Fsp3) is 0.200. The fourth-order valence-electron chi connectivity index (χ4n) is 1.67. The van der Waals surface area contributed by atoms with Crippen LogP contribution < -0.4 is 10.6 Å². The van der Waals surface area contributed by atoms with Crippen LogP contribution in [-0.4, -0.2) is 17.4 Å². The van der Waals surface area contributed by atoms with E-state index in [1.807, 2.05) is 12.1 Å². The molecule has 0 spiro atoms. The van der Waals surface area contributed by atoms with Gasteiger partial charge in [0.05, 0.1) is 5.02 Å². The zero-order valence-electron chi connectivity index (χ0n) is 11.2. The molecule has 0 saturated heterocycles. The first-order valence-electron chi connectivity index (χ1n) is 6.46. The first kappa shape index (κ1) is 14.3. The summed E-state index contributed by atoms with van der Waals surface area (Å²) in [6.45, 7) is 3.01. The highest BCUT2D eigenvalue weighted by Crippen LogP contribution is 2.18. The second kappa shape index (κ2) is 6.91. The lowest BCUT2D eigenvalue weighted by molar-refractivity contribution is 0.102. The smallest absolute Gasteiger partial charge is 0.256 e. The molecule has 0 bridgehead atoms. The van der Waals surface area contributed by atoms with E-state index in [1.165, 1.54) is 0 Å². The van der Waals surface area contributed by atoms with Crippen LogP contribution in [-0.2, 0) is 0 Å². The van der Waals surface area contributed by atoms with Gasteiger partial charge in [-0.1, -0.05) is 18.5 Å². The molecule has 0 aliphatic heterocycles. The van der Waals surface area contributed by atoms with Gasteiger partial charge < -0.3 is 10.6 Å². The van der Waals surface area contributed by atoms with Gasteiger partial charge in [-0.05, 0) is 42.8 Å². The molecule has 2 rings (SSSR count). The number of pyridine rings is 1.